The van der Waals surface area contributed by atoms with Gasteiger partial charge in [-0.2, -0.15) is 20.4 Å². The maximum atomic E-state index is 14.6. The van der Waals surface area contributed by atoms with Gasteiger partial charge in [0.25, 0.3) is 5.91 Å². The summed E-state index contributed by atoms with van der Waals surface area (Å²) in [5.41, 5.74) is 11.8. The van der Waals surface area contributed by atoms with Crippen molar-refractivity contribution in [3.05, 3.63) is 213 Å². The van der Waals surface area contributed by atoms with Crippen molar-refractivity contribution in [2.75, 3.05) is 63.2 Å². The lowest BCUT2D eigenvalue weighted by atomic mass is 9.95. The fraction of sp³-hybridized carbons (Fsp3) is 0.210. The number of aliphatic hydroxyl groups is 1. The van der Waals surface area contributed by atoms with Crippen LogP contribution in [0.5, 0.6) is 23.0 Å². The van der Waals surface area contributed by atoms with Crippen molar-refractivity contribution in [1.29, 1.82) is 0 Å². The van der Waals surface area contributed by atoms with E-state index in [1.54, 1.807) is 132 Å². The number of likely N-dealkylation sites (tertiary alicyclic amines) is 1. The number of aryl methyl sites for hydroxylation is 1. The second kappa shape index (κ2) is 33.6. The molecule has 15 rings (SSSR count). The van der Waals surface area contributed by atoms with Crippen molar-refractivity contribution in [3.63, 3.8) is 0 Å². The first kappa shape index (κ1) is 77.5. The Labute approximate surface area is 628 Å². The molecule has 4 aromatic heterocycles. The fourth-order valence-corrected chi connectivity index (χ4v) is 12.0. The maximum absolute atomic E-state index is 14.6. The number of fused-ring (bicyclic) bond motifs is 4. The Balaban J connectivity index is 0.000000139. The van der Waals surface area contributed by atoms with E-state index in [0.29, 0.717) is 111 Å². The number of amides is 4. The lowest BCUT2D eigenvalue weighted by molar-refractivity contribution is -0.132. The number of hydrogen-bond acceptors (Lipinski definition) is 14. The molecular weight excluding hydrogens is 1450 g/mol. The number of aromatic nitrogens is 8. The molecule has 1 aliphatic heterocycles. The highest BCUT2D eigenvalue weighted by molar-refractivity contribution is 6.03. The van der Waals surface area contributed by atoms with Gasteiger partial charge in [-0.1, -0.05) is 48.6 Å². The second-order valence-electron chi connectivity index (χ2n) is 26.3. The van der Waals surface area contributed by atoms with E-state index in [1.807, 2.05) is 0 Å². The molecule has 0 atom stereocenters. The third-order valence-corrected chi connectivity index (χ3v) is 18.6. The molecule has 30 heteroatoms. The monoisotopic (exact) mass is 1520 g/mol. The van der Waals surface area contributed by atoms with E-state index in [1.165, 1.54) is 90.0 Å². The number of aromatic amines is 3. The topological polar surface area (TPSA) is 295 Å². The zero-order chi connectivity index (χ0) is 78.9. The van der Waals surface area contributed by atoms with Gasteiger partial charge in [0.1, 0.15) is 28.9 Å². The molecule has 0 bridgehead atoms. The van der Waals surface area contributed by atoms with E-state index in [-0.39, 0.29) is 75.3 Å². The number of nitrogens with zero attached hydrogens (tertiary/aromatic N) is 6. The van der Waals surface area contributed by atoms with Crippen molar-refractivity contribution in [2.24, 2.45) is 18.9 Å². The Morgan fingerprint density at radius 2 is 0.811 bits per heavy atom. The minimum Gasteiger partial charge on any atom is -0.494 e. The van der Waals surface area contributed by atoms with Crippen LogP contribution in [0.3, 0.4) is 0 Å². The molecule has 5 heterocycles. The largest absolute Gasteiger partial charge is 0.494 e. The number of carbonyl (C=O) groups is 4. The number of methoxy groups -OCH3 is 4. The van der Waals surface area contributed by atoms with Crippen LogP contribution in [0, 0.1) is 58.4 Å². The van der Waals surface area contributed by atoms with E-state index in [0.717, 1.165) is 29.4 Å². The molecule has 111 heavy (non-hydrogen) atoms. The Bertz CT molecular complexity index is 5680. The summed E-state index contributed by atoms with van der Waals surface area (Å²) >= 11 is 0. The number of benzene rings is 8. The molecule has 4 amide bonds. The number of H-pyrrole nitrogens is 3. The normalized spacial score (nSPS) is 14.0. The molecule has 2 saturated carbocycles. The molecule has 572 valence electrons. The Morgan fingerprint density at radius 1 is 0.459 bits per heavy atom. The maximum Gasteiger partial charge on any atom is 0.256 e. The SMILES string of the molecule is COc1cc(/C=C/c2n[nH]c3cc(F)c(NC(=O)C4(O)CC4)cc23)ccc1F.COc1cc(/C=C/c2n[nH]c3cc(F)c(NC(=O)C4CC4)cc23)ccc1F.COc1cc(/C=C/c2n[nH]c3cc(F)c(NC(=O)C4CCN(C(C)=O)CC4)cc23)ccc1F.COc1cc(/C=C/c2nn(C)c3cc(F)c(N)cc23)ccc1F. The molecule has 0 unspecified atom stereocenters. The minimum absolute atomic E-state index is 0.00928. The predicted molar refractivity (Wildman–Crippen MR) is 409 cm³/mol. The molecule has 1 saturated heterocycles. The summed E-state index contributed by atoms with van der Waals surface area (Å²) in [5.74, 6) is -4.75. The van der Waals surface area contributed by atoms with Crippen LogP contribution in [-0.4, -0.2) is 121 Å². The average Bonchev–Trinajstić information content (AvgIpc) is 1.71. The Hall–Kier alpha value is -13.1. The summed E-state index contributed by atoms with van der Waals surface area (Å²) in [6, 6.07) is 29.3. The van der Waals surface area contributed by atoms with Crippen LogP contribution in [0.25, 0.3) is 92.2 Å². The molecule has 9 N–H and O–H groups in total. The number of rotatable bonds is 18. The van der Waals surface area contributed by atoms with Crippen molar-refractivity contribution in [1.82, 2.24) is 45.3 Å². The third kappa shape index (κ3) is 18.4. The van der Waals surface area contributed by atoms with Crippen molar-refractivity contribution in [3.8, 4) is 23.0 Å². The van der Waals surface area contributed by atoms with Crippen molar-refractivity contribution < 1.29 is 78.4 Å². The van der Waals surface area contributed by atoms with Crippen LogP contribution in [0.2, 0.25) is 0 Å². The van der Waals surface area contributed by atoms with Gasteiger partial charge in [0.2, 0.25) is 17.7 Å². The van der Waals surface area contributed by atoms with Crippen LogP contribution in [0.1, 0.15) is 90.5 Å². The van der Waals surface area contributed by atoms with Gasteiger partial charge >= 0.3 is 0 Å². The number of ether oxygens (including phenoxy) is 4. The average molecular weight is 1520 g/mol. The van der Waals surface area contributed by atoms with E-state index < -0.39 is 58.0 Å². The van der Waals surface area contributed by atoms with Gasteiger partial charge in [-0.15, -0.1) is 0 Å². The summed E-state index contributed by atoms with van der Waals surface area (Å²) in [4.78, 5) is 49.8. The standard InChI is InChI=1S/C24H24F2N4O3.C20H17F2N3O3.C20H17F2N3O2.C17H15F2N3O/c1-14(31)30-9-7-16(8-10-30)24(32)27-22-12-17-20(28-29-21(17)13-19(22)26)6-4-15-3-5-18(25)23(11-15)33-2;1-28-18-8-11(2-4-13(18)21)3-5-15-12-9-17(14(22)10-16(12)25-24-15)23-19(26)20(27)6-7-20;1-27-19-8-11(2-6-14(19)21)3-7-16-13-9-18(23-20(26)12-4-5-12)15(22)10-17(13)25-24-16;1-22-16-9-13(19)14(20)8-11(16)15(21-22)6-4-10-3-5-12(18)17(7-10)23-2/h3-6,11-13,16H,7-10H2,1-2H3,(H,27,32)(H,28,29);2-5,8-10,27H,6-7H2,1H3,(H,23,26)(H,24,25);2-3,6-10,12H,4-5H2,1H3,(H,23,26)(H,24,25);3-9H,20H2,1-2H3/b6-4+;5-3+;7-3+;6-4+. The number of piperidine rings is 1. The van der Waals surface area contributed by atoms with Gasteiger partial charge in [-0.25, -0.2) is 35.1 Å². The summed E-state index contributed by atoms with van der Waals surface area (Å²) in [6.07, 6.45) is 17.4. The lowest BCUT2D eigenvalue weighted by Crippen LogP contribution is -2.40. The molecule has 3 aliphatic rings. The molecule has 0 spiro atoms. The lowest BCUT2D eigenvalue weighted by Gasteiger charge is -2.30. The van der Waals surface area contributed by atoms with Gasteiger partial charge in [0, 0.05) is 84.7 Å². The van der Waals surface area contributed by atoms with Crippen molar-refractivity contribution >= 4 is 139 Å². The number of anilines is 4. The molecule has 12 aromatic rings. The molecule has 8 aromatic carbocycles. The van der Waals surface area contributed by atoms with Gasteiger partial charge < -0.3 is 50.6 Å². The summed E-state index contributed by atoms with van der Waals surface area (Å²) in [6.45, 7) is 2.54. The molecule has 0 radical (unpaired) electrons. The first-order valence-corrected chi connectivity index (χ1v) is 34.7. The Kier molecular flexibility index (Phi) is 23.4. The number of nitrogens with two attached hydrogens (primary N) is 1. The van der Waals surface area contributed by atoms with Crippen molar-refractivity contribution in [2.45, 2.75) is 51.0 Å². The molecular formula is C81H73F8N13O9. The van der Waals surface area contributed by atoms with E-state index in [4.69, 9.17) is 24.7 Å². The quantitative estimate of drug-likeness (QED) is 0.0293. The zero-order valence-corrected chi connectivity index (χ0v) is 60.5. The molecule has 3 fully saturated rings. The van der Waals surface area contributed by atoms with Crippen LogP contribution < -0.4 is 40.6 Å². The van der Waals surface area contributed by atoms with Gasteiger partial charge in [-0.3, -0.25) is 39.2 Å². The smallest absolute Gasteiger partial charge is 0.256 e. The number of carbonyl (C=O) groups excluding carboxylic acids is 4. The highest BCUT2D eigenvalue weighted by atomic mass is 19.2. The fourth-order valence-electron chi connectivity index (χ4n) is 12.0. The summed E-state index contributed by atoms with van der Waals surface area (Å²) < 4.78 is 132. The number of hydrogen-bond donors (Lipinski definition) is 8. The van der Waals surface area contributed by atoms with Crippen LogP contribution >= 0.6 is 0 Å². The third-order valence-electron chi connectivity index (χ3n) is 18.6. The van der Waals surface area contributed by atoms with E-state index in [2.05, 4.69) is 51.6 Å². The minimum atomic E-state index is -1.40. The molecule has 22 nitrogen and oxygen atoms in total. The number of halogens is 8. The predicted octanol–water partition coefficient (Wildman–Crippen LogP) is 15.7. The summed E-state index contributed by atoms with van der Waals surface area (Å²) in [5, 5.41) is 45.4. The van der Waals surface area contributed by atoms with Gasteiger partial charge in [-0.05, 0) is 158 Å². The van der Waals surface area contributed by atoms with Crippen LogP contribution in [0.4, 0.5) is 57.9 Å². The van der Waals surface area contributed by atoms with Gasteiger partial charge in [0.05, 0.1) is 96.0 Å². The van der Waals surface area contributed by atoms with Gasteiger partial charge in [0.15, 0.2) is 46.3 Å². The van der Waals surface area contributed by atoms with E-state index in [9.17, 15) is 59.4 Å². The van der Waals surface area contributed by atoms with Crippen LogP contribution in [-0.2, 0) is 26.2 Å². The highest BCUT2D eigenvalue weighted by Crippen LogP contribution is 2.38. The number of nitrogen functional groups attached to an aromatic ring is 1. The zero-order valence-electron chi connectivity index (χ0n) is 60.5. The Morgan fingerprint density at radius 3 is 1.15 bits per heavy atom. The summed E-state index contributed by atoms with van der Waals surface area (Å²) in [7, 11) is 7.32. The van der Waals surface area contributed by atoms with Crippen LogP contribution in [0.15, 0.2) is 121 Å². The molecule has 2 aliphatic carbocycles. The second-order valence-corrected chi connectivity index (χ2v) is 26.3. The van der Waals surface area contributed by atoms with E-state index >= 15 is 0 Å². The number of nitrogens with one attached hydrogen (secondary N) is 6. The first-order valence-electron chi connectivity index (χ1n) is 34.7. The first-order chi connectivity index (χ1) is 53.3. The highest BCUT2D eigenvalue weighted by Gasteiger charge is 2.48.